The van der Waals surface area contributed by atoms with Crippen LogP contribution in [0.2, 0.25) is 0 Å². The van der Waals surface area contributed by atoms with Gasteiger partial charge in [-0.1, -0.05) is 83.6 Å². The van der Waals surface area contributed by atoms with Gasteiger partial charge in [0.25, 0.3) is 0 Å². The van der Waals surface area contributed by atoms with Crippen molar-refractivity contribution in [3.8, 4) is 34.8 Å². The van der Waals surface area contributed by atoms with Crippen LogP contribution >= 0.6 is 0 Å². The van der Waals surface area contributed by atoms with Crippen molar-refractivity contribution in [2.45, 2.75) is 84.0 Å². The topological polar surface area (TPSA) is 138 Å². The van der Waals surface area contributed by atoms with Gasteiger partial charge in [-0.25, -0.2) is 19.2 Å². The number of carbonyl (C=O) groups excluding carboxylic acids is 4. The van der Waals surface area contributed by atoms with Crippen molar-refractivity contribution in [1.82, 2.24) is 0 Å². The van der Waals surface area contributed by atoms with Crippen LogP contribution in [0.5, 0.6) is 28.7 Å². The Balaban J connectivity index is 1.00. The number of nitrogens with zero attached hydrogens (tertiary/aromatic N) is 1. The summed E-state index contributed by atoms with van der Waals surface area (Å²) in [6, 6.07) is 32.6. The fourth-order valence-electron chi connectivity index (χ4n) is 6.09. The van der Waals surface area contributed by atoms with Gasteiger partial charge >= 0.3 is 23.9 Å². The summed E-state index contributed by atoms with van der Waals surface area (Å²) in [6.07, 6.45) is 15.4. The predicted octanol–water partition coefficient (Wildman–Crippen LogP) is 11.5. The summed E-state index contributed by atoms with van der Waals surface area (Å²) in [7, 11) is 0. The third-order valence-electron chi connectivity index (χ3n) is 9.43. The molecule has 5 rings (SSSR count). The molecule has 5 aromatic rings. The number of rotatable bonds is 22. The van der Waals surface area contributed by atoms with Crippen LogP contribution in [0.25, 0.3) is 0 Å². The Labute approximate surface area is 345 Å². The van der Waals surface area contributed by atoms with Gasteiger partial charge in [0, 0.05) is 0 Å². The summed E-state index contributed by atoms with van der Waals surface area (Å²) in [5.74, 6) is -1.04. The second kappa shape index (κ2) is 23.5. The molecule has 0 aliphatic heterocycles. The minimum Gasteiger partial charge on any atom is -0.494 e. The number of hydrogen-bond acceptors (Lipinski definition) is 10. The molecule has 0 aliphatic carbocycles. The summed E-state index contributed by atoms with van der Waals surface area (Å²) in [5.41, 5.74) is 1.35. The van der Waals surface area contributed by atoms with Gasteiger partial charge in [-0.05, 0) is 122 Å². The lowest BCUT2D eigenvalue weighted by molar-refractivity contribution is 0.0712. The average Bonchev–Trinajstić information content (AvgIpc) is 3.26. The average molecular weight is 796 g/mol. The summed E-state index contributed by atoms with van der Waals surface area (Å²) < 4.78 is 27.6. The summed E-state index contributed by atoms with van der Waals surface area (Å²) >= 11 is 0. The molecule has 0 bridgehead atoms. The fourth-order valence-corrected chi connectivity index (χ4v) is 6.09. The molecule has 0 spiro atoms. The number of hydrogen-bond donors (Lipinski definition) is 0. The molecule has 0 heterocycles. The van der Waals surface area contributed by atoms with E-state index in [-0.39, 0.29) is 39.7 Å². The molecule has 0 N–H and O–H groups in total. The third kappa shape index (κ3) is 14.6. The highest BCUT2D eigenvalue weighted by Gasteiger charge is 2.16. The van der Waals surface area contributed by atoms with Gasteiger partial charge in [-0.2, -0.15) is 5.26 Å². The number of ether oxygens (including phenoxy) is 5. The molecule has 10 nitrogen and oxygen atoms in total. The van der Waals surface area contributed by atoms with Crippen LogP contribution in [-0.2, 0) is 0 Å². The first-order valence-corrected chi connectivity index (χ1v) is 20.2. The monoisotopic (exact) mass is 795 g/mol. The maximum atomic E-state index is 12.9. The maximum absolute atomic E-state index is 12.9. The molecule has 0 aromatic heterocycles. The Morgan fingerprint density at radius 2 is 0.797 bits per heavy atom. The molecule has 0 amide bonds. The lowest BCUT2D eigenvalue weighted by atomic mass is 10.1. The lowest BCUT2D eigenvalue weighted by Crippen LogP contribution is -2.12. The van der Waals surface area contributed by atoms with Crippen LogP contribution in [-0.4, -0.2) is 30.5 Å². The van der Waals surface area contributed by atoms with E-state index in [1.54, 1.807) is 30.3 Å². The summed E-state index contributed by atoms with van der Waals surface area (Å²) in [4.78, 5) is 51.1. The zero-order valence-corrected chi connectivity index (χ0v) is 33.4. The Morgan fingerprint density at radius 3 is 1.24 bits per heavy atom. The van der Waals surface area contributed by atoms with E-state index in [1.165, 1.54) is 155 Å². The molecule has 10 heteroatoms. The van der Waals surface area contributed by atoms with Crippen molar-refractivity contribution in [2.24, 2.45) is 0 Å². The SMILES string of the molecule is CCCCCCCCCCCCCCOc1ccc(C(=O)Oc2ccc(C(=O)Oc3cccc(C(=O)Oc4ccc(C(=O)Oc5ccc(C#N)cc5)cc4)c3)cc2)cc1. The quantitative estimate of drug-likeness (QED) is 0.0378. The van der Waals surface area contributed by atoms with E-state index in [2.05, 4.69) is 6.92 Å². The first kappa shape index (κ1) is 43.4. The normalized spacial score (nSPS) is 10.6. The van der Waals surface area contributed by atoms with Crippen molar-refractivity contribution in [1.29, 1.82) is 5.26 Å². The fraction of sp³-hybridized carbons (Fsp3) is 0.286. The Hall–Kier alpha value is -6.73. The number of esters is 4. The first-order chi connectivity index (χ1) is 28.8. The highest BCUT2D eigenvalue weighted by atomic mass is 16.5. The molecule has 5 aromatic carbocycles. The molecule has 0 atom stereocenters. The second-order valence-corrected chi connectivity index (χ2v) is 14.0. The Morgan fingerprint density at radius 1 is 0.424 bits per heavy atom. The van der Waals surface area contributed by atoms with Crippen LogP contribution in [0.4, 0.5) is 0 Å². The Bertz CT molecular complexity index is 2150. The number of benzene rings is 5. The number of carbonyl (C=O) groups is 4. The van der Waals surface area contributed by atoms with Gasteiger partial charge in [0.1, 0.15) is 28.7 Å². The van der Waals surface area contributed by atoms with Crippen molar-refractivity contribution in [2.75, 3.05) is 6.61 Å². The molecular formula is C49H49NO9. The van der Waals surface area contributed by atoms with Crippen molar-refractivity contribution < 1.29 is 42.9 Å². The van der Waals surface area contributed by atoms with Crippen molar-refractivity contribution >= 4 is 23.9 Å². The van der Waals surface area contributed by atoms with E-state index >= 15 is 0 Å². The van der Waals surface area contributed by atoms with Gasteiger partial charge in [0.05, 0.1) is 40.5 Å². The minimum atomic E-state index is -0.709. The zero-order chi connectivity index (χ0) is 41.7. The van der Waals surface area contributed by atoms with Gasteiger partial charge in [-0.15, -0.1) is 0 Å². The molecule has 0 aliphatic rings. The molecule has 0 saturated heterocycles. The smallest absolute Gasteiger partial charge is 0.343 e. The van der Waals surface area contributed by atoms with Crippen LogP contribution < -0.4 is 23.7 Å². The van der Waals surface area contributed by atoms with E-state index in [9.17, 15) is 19.2 Å². The highest BCUT2D eigenvalue weighted by Crippen LogP contribution is 2.22. The maximum Gasteiger partial charge on any atom is 0.343 e. The van der Waals surface area contributed by atoms with E-state index in [0.29, 0.717) is 23.5 Å². The van der Waals surface area contributed by atoms with E-state index in [1.807, 2.05) is 6.07 Å². The largest absolute Gasteiger partial charge is 0.494 e. The lowest BCUT2D eigenvalue weighted by Gasteiger charge is -2.09. The molecular weight excluding hydrogens is 747 g/mol. The van der Waals surface area contributed by atoms with E-state index in [0.717, 1.165) is 12.8 Å². The van der Waals surface area contributed by atoms with Crippen molar-refractivity contribution in [3.63, 3.8) is 0 Å². The van der Waals surface area contributed by atoms with Crippen molar-refractivity contribution in [3.05, 3.63) is 149 Å². The van der Waals surface area contributed by atoms with Gasteiger partial charge in [0.2, 0.25) is 0 Å². The number of nitriles is 1. The predicted molar refractivity (Wildman–Crippen MR) is 223 cm³/mol. The minimum absolute atomic E-state index is 0.113. The second-order valence-electron chi connectivity index (χ2n) is 14.0. The van der Waals surface area contributed by atoms with Crippen LogP contribution in [0.15, 0.2) is 121 Å². The molecule has 0 saturated carbocycles. The standard InChI is InChI=1S/C49H49NO9/c1-2-3-4-5-6-7-8-9-10-11-12-13-33-55-41-27-19-37(20-28-41)46(51)57-43-29-23-39(24-30-43)48(53)59-45-16-14-15-40(34-45)49(54)58-44-31-21-38(22-32-44)47(52)56-42-25-17-36(35-50)18-26-42/h14-32,34H,2-13,33H2,1H3. The van der Waals surface area contributed by atoms with Crippen LogP contribution in [0.3, 0.4) is 0 Å². The van der Waals surface area contributed by atoms with E-state index < -0.39 is 23.9 Å². The Kier molecular flexibility index (Phi) is 17.3. The van der Waals surface area contributed by atoms with E-state index in [4.69, 9.17) is 28.9 Å². The van der Waals surface area contributed by atoms with Gasteiger partial charge in [-0.3, -0.25) is 0 Å². The summed E-state index contributed by atoms with van der Waals surface area (Å²) in [6.45, 7) is 2.89. The van der Waals surface area contributed by atoms with Gasteiger partial charge < -0.3 is 23.7 Å². The highest BCUT2D eigenvalue weighted by molar-refractivity contribution is 5.94. The first-order valence-electron chi connectivity index (χ1n) is 20.2. The molecule has 304 valence electrons. The van der Waals surface area contributed by atoms with Gasteiger partial charge in [0.15, 0.2) is 0 Å². The zero-order valence-electron chi connectivity index (χ0n) is 33.4. The molecule has 0 radical (unpaired) electrons. The number of unbranched alkanes of at least 4 members (excludes halogenated alkanes) is 11. The van der Waals surface area contributed by atoms with Crippen LogP contribution in [0.1, 0.15) is 131 Å². The molecule has 0 fully saturated rings. The molecule has 0 unspecified atom stereocenters. The van der Waals surface area contributed by atoms with Crippen LogP contribution in [0, 0.1) is 11.3 Å². The molecule has 59 heavy (non-hydrogen) atoms. The third-order valence-corrected chi connectivity index (χ3v) is 9.43. The summed E-state index contributed by atoms with van der Waals surface area (Å²) in [5, 5.41) is 8.92.